The van der Waals surface area contributed by atoms with Gasteiger partial charge in [-0.1, -0.05) is 13.0 Å². The highest BCUT2D eigenvalue weighted by Gasteiger charge is 2.22. The molecule has 1 aliphatic heterocycles. The summed E-state index contributed by atoms with van der Waals surface area (Å²) in [6.07, 6.45) is 2.21. The van der Waals surface area contributed by atoms with Gasteiger partial charge in [0.2, 0.25) is 0 Å². The van der Waals surface area contributed by atoms with Gasteiger partial charge in [0.05, 0.1) is 5.52 Å². The SMILES string of the molecule is CCN1CCC(c2nc3c(F)cccc3[nH]2)CC1. The number of imidazole rings is 1. The topological polar surface area (TPSA) is 31.9 Å². The van der Waals surface area contributed by atoms with Crippen molar-refractivity contribution in [1.29, 1.82) is 0 Å². The molecule has 0 bridgehead atoms. The molecule has 1 aliphatic rings. The zero-order chi connectivity index (χ0) is 12.5. The van der Waals surface area contributed by atoms with Crippen LogP contribution in [0.4, 0.5) is 4.39 Å². The zero-order valence-electron chi connectivity index (χ0n) is 10.6. The number of hydrogen-bond acceptors (Lipinski definition) is 2. The maximum atomic E-state index is 13.6. The second kappa shape index (κ2) is 4.69. The molecule has 2 heterocycles. The average molecular weight is 247 g/mol. The first-order valence-corrected chi connectivity index (χ1v) is 6.64. The molecular formula is C14H18FN3. The van der Waals surface area contributed by atoms with Gasteiger partial charge in [0.1, 0.15) is 11.3 Å². The fourth-order valence-corrected chi connectivity index (χ4v) is 2.73. The fourth-order valence-electron chi connectivity index (χ4n) is 2.73. The van der Waals surface area contributed by atoms with Crippen LogP contribution in [-0.2, 0) is 0 Å². The highest BCUT2D eigenvalue weighted by Crippen LogP contribution is 2.28. The first-order valence-electron chi connectivity index (χ1n) is 6.64. The van der Waals surface area contributed by atoms with Crippen LogP contribution in [0.3, 0.4) is 0 Å². The normalized spacial score (nSPS) is 18.6. The van der Waals surface area contributed by atoms with Crippen LogP contribution in [0.1, 0.15) is 31.5 Å². The fraction of sp³-hybridized carbons (Fsp3) is 0.500. The van der Waals surface area contributed by atoms with E-state index >= 15 is 0 Å². The van der Waals surface area contributed by atoms with Gasteiger partial charge < -0.3 is 9.88 Å². The summed E-state index contributed by atoms with van der Waals surface area (Å²) in [4.78, 5) is 10.2. The van der Waals surface area contributed by atoms with Crippen molar-refractivity contribution in [3.05, 3.63) is 29.8 Å². The van der Waals surface area contributed by atoms with Crippen molar-refractivity contribution in [2.45, 2.75) is 25.7 Å². The number of benzene rings is 1. The number of aromatic amines is 1. The smallest absolute Gasteiger partial charge is 0.151 e. The summed E-state index contributed by atoms with van der Waals surface area (Å²) in [5.74, 6) is 1.16. The summed E-state index contributed by atoms with van der Waals surface area (Å²) in [6.45, 7) is 5.53. The van der Waals surface area contributed by atoms with Crippen molar-refractivity contribution in [1.82, 2.24) is 14.9 Å². The molecule has 3 rings (SSSR count). The molecule has 3 nitrogen and oxygen atoms in total. The number of rotatable bonds is 2. The van der Waals surface area contributed by atoms with E-state index in [0.29, 0.717) is 11.4 Å². The number of halogens is 1. The maximum absolute atomic E-state index is 13.6. The third-order valence-electron chi connectivity index (χ3n) is 3.90. The van der Waals surface area contributed by atoms with Crippen molar-refractivity contribution >= 4 is 11.0 Å². The molecule has 96 valence electrons. The van der Waals surface area contributed by atoms with E-state index < -0.39 is 0 Å². The maximum Gasteiger partial charge on any atom is 0.151 e. The minimum absolute atomic E-state index is 0.235. The molecule has 0 aliphatic carbocycles. The van der Waals surface area contributed by atoms with E-state index in [-0.39, 0.29) is 5.82 Å². The van der Waals surface area contributed by atoms with Gasteiger partial charge in [-0.2, -0.15) is 0 Å². The van der Waals surface area contributed by atoms with E-state index in [1.165, 1.54) is 6.07 Å². The molecule has 1 saturated heterocycles. The van der Waals surface area contributed by atoms with E-state index in [0.717, 1.165) is 43.8 Å². The molecule has 4 heteroatoms. The first kappa shape index (κ1) is 11.7. The average Bonchev–Trinajstić information content (AvgIpc) is 2.84. The second-order valence-electron chi connectivity index (χ2n) is 4.97. The predicted octanol–water partition coefficient (Wildman–Crippen LogP) is 2.90. The van der Waals surface area contributed by atoms with Gasteiger partial charge in [-0.3, -0.25) is 0 Å². The minimum Gasteiger partial charge on any atom is -0.342 e. The Bertz CT molecular complexity index is 541. The van der Waals surface area contributed by atoms with E-state index in [4.69, 9.17) is 0 Å². The summed E-state index contributed by atoms with van der Waals surface area (Å²) in [6, 6.07) is 5.07. The number of para-hydroxylation sites is 1. The van der Waals surface area contributed by atoms with E-state index in [2.05, 4.69) is 21.8 Å². The van der Waals surface area contributed by atoms with Crippen molar-refractivity contribution in [2.24, 2.45) is 0 Å². The molecule has 1 aromatic carbocycles. The molecule has 1 aromatic heterocycles. The number of hydrogen-bond donors (Lipinski definition) is 1. The third kappa shape index (κ3) is 2.01. The van der Waals surface area contributed by atoms with Gasteiger partial charge in [0, 0.05) is 5.92 Å². The van der Waals surface area contributed by atoms with Gasteiger partial charge >= 0.3 is 0 Å². The molecule has 0 spiro atoms. The number of nitrogens with one attached hydrogen (secondary N) is 1. The summed E-state index contributed by atoms with van der Waals surface area (Å²) < 4.78 is 13.6. The number of aromatic nitrogens is 2. The van der Waals surface area contributed by atoms with Gasteiger partial charge in [0.15, 0.2) is 5.82 Å². The lowest BCUT2D eigenvalue weighted by molar-refractivity contribution is 0.219. The van der Waals surface area contributed by atoms with Crippen molar-refractivity contribution in [2.75, 3.05) is 19.6 Å². The molecular weight excluding hydrogens is 229 g/mol. The first-order chi connectivity index (χ1) is 8.78. The Kier molecular flexibility index (Phi) is 3.04. The number of H-pyrrole nitrogens is 1. The van der Waals surface area contributed by atoms with Crippen LogP contribution >= 0.6 is 0 Å². The number of nitrogens with zero attached hydrogens (tertiary/aromatic N) is 2. The van der Waals surface area contributed by atoms with Crippen LogP contribution in [0.25, 0.3) is 11.0 Å². The largest absolute Gasteiger partial charge is 0.342 e. The van der Waals surface area contributed by atoms with Crippen molar-refractivity contribution < 1.29 is 4.39 Å². The Hall–Kier alpha value is -1.42. The quantitative estimate of drug-likeness (QED) is 0.885. The summed E-state index contributed by atoms with van der Waals surface area (Å²) >= 11 is 0. The molecule has 0 saturated carbocycles. The van der Waals surface area contributed by atoms with Crippen molar-refractivity contribution in [3.63, 3.8) is 0 Å². The van der Waals surface area contributed by atoms with Crippen molar-refractivity contribution in [3.8, 4) is 0 Å². The molecule has 0 atom stereocenters. The molecule has 1 fully saturated rings. The minimum atomic E-state index is -0.235. The second-order valence-corrected chi connectivity index (χ2v) is 4.97. The lowest BCUT2D eigenvalue weighted by Gasteiger charge is -2.29. The number of fused-ring (bicyclic) bond motifs is 1. The Balaban J connectivity index is 1.85. The van der Waals surface area contributed by atoms with Crippen LogP contribution in [0.15, 0.2) is 18.2 Å². The Morgan fingerprint density at radius 1 is 1.39 bits per heavy atom. The molecule has 0 unspecified atom stereocenters. The number of likely N-dealkylation sites (tertiary alicyclic amines) is 1. The van der Waals surface area contributed by atoms with Crippen LogP contribution in [0, 0.1) is 5.82 Å². The lowest BCUT2D eigenvalue weighted by Crippen LogP contribution is -2.32. The number of piperidine rings is 1. The Labute approximate surface area is 106 Å². The summed E-state index contributed by atoms with van der Waals surface area (Å²) in [5, 5.41) is 0. The van der Waals surface area contributed by atoms with Gasteiger partial charge in [-0.05, 0) is 44.6 Å². The van der Waals surface area contributed by atoms with E-state index in [1.807, 2.05) is 6.07 Å². The zero-order valence-corrected chi connectivity index (χ0v) is 10.6. The summed E-state index contributed by atoms with van der Waals surface area (Å²) in [5.41, 5.74) is 1.29. The van der Waals surface area contributed by atoms with E-state index in [9.17, 15) is 4.39 Å². The van der Waals surface area contributed by atoms with Crippen LogP contribution in [-0.4, -0.2) is 34.5 Å². The van der Waals surface area contributed by atoms with Gasteiger partial charge in [-0.25, -0.2) is 9.37 Å². The van der Waals surface area contributed by atoms with Gasteiger partial charge in [0.25, 0.3) is 0 Å². The molecule has 18 heavy (non-hydrogen) atoms. The highest BCUT2D eigenvalue weighted by atomic mass is 19.1. The van der Waals surface area contributed by atoms with Gasteiger partial charge in [-0.15, -0.1) is 0 Å². The molecule has 0 amide bonds. The highest BCUT2D eigenvalue weighted by molar-refractivity contribution is 5.75. The Morgan fingerprint density at radius 3 is 2.83 bits per heavy atom. The van der Waals surface area contributed by atoms with Crippen LogP contribution in [0.2, 0.25) is 0 Å². The lowest BCUT2D eigenvalue weighted by atomic mass is 9.96. The molecule has 0 radical (unpaired) electrons. The molecule has 2 aromatic rings. The summed E-state index contributed by atoms with van der Waals surface area (Å²) in [7, 11) is 0. The standard InChI is InChI=1S/C14H18FN3/c1-2-18-8-6-10(7-9-18)14-16-12-5-3-4-11(15)13(12)17-14/h3-5,10H,2,6-9H2,1H3,(H,16,17). The third-order valence-corrected chi connectivity index (χ3v) is 3.90. The monoisotopic (exact) mass is 247 g/mol. The Morgan fingerprint density at radius 2 is 2.17 bits per heavy atom. The van der Waals surface area contributed by atoms with Crippen LogP contribution in [0.5, 0.6) is 0 Å². The predicted molar refractivity (Wildman–Crippen MR) is 70.1 cm³/mol. The van der Waals surface area contributed by atoms with E-state index in [1.54, 1.807) is 6.07 Å². The van der Waals surface area contributed by atoms with Crippen LogP contribution < -0.4 is 0 Å². The molecule has 1 N–H and O–H groups in total.